The van der Waals surface area contributed by atoms with E-state index in [1.54, 1.807) is 6.20 Å². The summed E-state index contributed by atoms with van der Waals surface area (Å²) in [6.07, 6.45) is 7.64. The fourth-order valence-corrected chi connectivity index (χ4v) is 4.41. The summed E-state index contributed by atoms with van der Waals surface area (Å²) in [6, 6.07) is 10.6. The van der Waals surface area contributed by atoms with Gasteiger partial charge in [-0.3, -0.25) is 4.79 Å². The van der Waals surface area contributed by atoms with Crippen LogP contribution in [-0.4, -0.2) is 39.9 Å². The minimum atomic E-state index is -0.0889. The Morgan fingerprint density at radius 3 is 2.65 bits per heavy atom. The molecule has 1 aromatic carbocycles. The van der Waals surface area contributed by atoms with Crippen molar-refractivity contribution >= 4 is 22.6 Å². The number of hydrogen-bond acceptors (Lipinski definition) is 5. The van der Waals surface area contributed by atoms with Crippen molar-refractivity contribution in [3.63, 3.8) is 0 Å². The van der Waals surface area contributed by atoms with E-state index in [0.29, 0.717) is 11.5 Å². The second kappa shape index (κ2) is 8.67. The number of aromatic nitrogens is 3. The van der Waals surface area contributed by atoms with Crippen molar-refractivity contribution in [1.29, 1.82) is 0 Å². The molecule has 31 heavy (non-hydrogen) atoms. The summed E-state index contributed by atoms with van der Waals surface area (Å²) in [5.74, 6) is 0.409. The van der Waals surface area contributed by atoms with Gasteiger partial charge in [-0.2, -0.15) is 5.10 Å². The average Bonchev–Trinajstić information content (AvgIpc) is 3.57. The normalized spacial score (nSPS) is 18.1. The molecule has 1 atom stereocenters. The number of fused-ring (bicyclic) bond motifs is 1. The fourth-order valence-electron chi connectivity index (χ4n) is 4.41. The molecule has 2 aliphatic rings. The number of carbonyl (C=O) groups is 1. The van der Waals surface area contributed by atoms with Gasteiger partial charge >= 0.3 is 0 Å². The first-order valence-electron chi connectivity index (χ1n) is 11.3. The second-order valence-corrected chi connectivity index (χ2v) is 8.47. The van der Waals surface area contributed by atoms with Crippen molar-refractivity contribution in [2.45, 2.75) is 51.2 Å². The number of nitrogens with zero attached hydrogens (tertiary/aromatic N) is 3. The van der Waals surface area contributed by atoms with Crippen molar-refractivity contribution in [2.75, 3.05) is 18.5 Å². The maximum atomic E-state index is 13.5. The standard InChI is InChI=1S/C24H29N5O2/c1-2-29-23-19(15-26-29)22(27-18-10-12-31-13-11-18)20(14-25-23)24(30)28-21(17-8-9-17)16-6-4-3-5-7-16/h3-7,14-15,17-18,21H,2,8-13H2,1H3,(H,25,27)(H,28,30). The van der Waals surface area contributed by atoms with E-state index in [1.165, 1.54) is 0 Å². The van der Waals surface area contributed by atoms with Crippen molar-refractivity contribution in [3.8, 4) is 0 Å². The maximum absolute atomic E-state index is 13.5. The van der Waals surface area contributed by atoms with E-state index >= 15 is 0 Å². The summed E-state index contributed by atoms with van der Waals surface area (Å²) in [6.45, 7) is 4.25. The molecule has 3 heterocycles. The topological polar surface area (TPSA) is 81.1 Å². The van der Waals surface area contributed by atoms with Crippen LogP contribution in [0, 0.1) is 5.92 Å². The molecular weight excluding hydrogens is 390 g/mol. The first-order chi connectivity index (χ1) is 15.2. The molecule has 162 valence electrons. The molecule has 1 saturated heterocycles. The van der Waals surface area contributed by atoms with Crippen molar-refractivity contribution in [2.24, 2.45) is 5.92 Å². The number of pyridine rings is 1. The molecule has 7 nitrogen and oxygen atoms in total. The van der Waals surface area contributed by atoms with E-state index in [9.17, 15) is 4.79 Å². The Morgan fingerprint density at radius 2 is 1.94 bits per heavy atom. The summed E-state index contributed by atoms with van der Waals surface area (Å²) in [5.41, 5.74) is 3.37. The summed E-state index contributed by atoms with van der Waals surface area (Å²) < 4.78 is 7.38. The van der Waals surface area contributed by atoms with Gasteiger partial charge in [-0.15, -0.1) is 0 Å². The molecule has 1 amide bonds. The molecule has 2 fully saturated rings. The lowest BCUT2D eigenvalue weighted by molar-refractivity contribution is 0.0903. The van der Waals surface area contributed by atoms with Crippen LogP contribution in [0.5, 0.6) is 0 Å². The van der Waals surface area contributed by atoms with Crippen molar-refractivity contribution < 1.29 is 9.53 Å². The second-order valence-electron chi connectivity index (χ2n) is 8.47. The van der Waals surface area contributed by atoms with Gasteiger partial charge in [-0.1, -0.05) is 30.3 Å². The van der Waals surface area contributed by atoms with Crippen LogP contribution in [-0.2, 0) is 11.3 Å². The number of amides is 1. The van der Waals surface area contributed by atoms with Crippen LogP contribution in [0.25, 0.3) is 11.0 Å². The highest BCUT2D eigenvalue weighted by atomic mass is 16.5. The number of ether oxygens (including phenoxy) is 1. The number of nitrogens with one attached hydrogen (secondary N) is 2. The molecule has 0 radical (unpaired) electrons. The summed E-state index contributed by atoms with van der Waals surface area (Å²) in [4.78, 5) is 18.1. The number of benzene rings is 1. The van der Waals surface area contributed by atoms with Crippen LogP contribution >= 0.6 is 0 Å². The number of carbonyl (C=O) groups excluding carboxylic acids is 1. The Morgan fingerprint density at radius 1 is 1.16 bits per heavy atom. The van der Waals surface area contributed by atoms with Crippen LogP contribution < -0.4 is 10.6 Å². The minimum Gasteiger partial charge on any atom is -0.381 e. The Bertz CT molecular complexity index is 1050. The Balaban J connectivity index is 1.48. The molecule has 2 N–H and O–H groups in total. The largest absolute Gasteiger partial charge is 0.381 e. The van der Waals surface area contributed by atoms with Gasteiger partial charge in [0.25, 0.3) is 5.91 Å². The van der Waals surface area contributed by atoms with Gasteiger partial charge in [-0.05, 0) is 44.1 Å². The van der Waals surface area contributed by atoms with Crippen molar-refractivity contribution in [3.05, 3.63) is 53.9 Å². The van der Waals surface area contributed by atoms with Crippen LogP contribution in [0.2, 0.25) is 0 Å². The lowest BCUT2D eigenvalue weighted by Crippen LogP contribution is -2.32. The van der Waals surface area contributed by atoms with Crippen LogP contribution in [0.1, 0.15) is 54.6 Å². The molecule has 1 aliphatic heterocycles. The highest BCUT2D eigenvalue weighted by Crippen LogP contribution is 2.41. The van der Waals surface area contributed by atoms with Crippen molar-refractivity contribution in [1.82, 2.24) is 20.1 Å². The third kappa shape index (κ3) is 4.14. The summed E-state index contributed by atoms with van der Waals surface area (Å²) in [5, 5.41) is 12.3. The highest BCUT2D eigenvalue weighted by molar-refractivity contribution is 6.06. The quantitative estimate of drug-likeness (QED) is 0.607. The SMILES string of the molecule is CCn1ncc2c(NC3CCOCC3)c(C(=O)NC(c3ccccc3)C3CC3)cnc21. The molecule has 1 saturated carbocycles. The zero-order chi connectivity index (χ0) is 21.2. The van der Waals surface area contributed by atoms with Gasteiger partial charge in [0.1, 0.15) is 0 Å². The molecule has 7 heteroatoms. The average molecular weight is 420 g/mol. The molecule has 1 unspecified atom stereocenters. The fraction of sp³-hybridized carbons (Fsp3) is 0.458. The number of rotatable bonds is 7. The van der Waals surface area contributed by atoms with Gasteiger partial charge < -0.3 is 15.4 Å². The van der Waals surface area contributed by atoms with Gasteiger partial charge in [0.15, 0.2) is 5.65 Å². The molecule has 1 aliphatic carbocycles. The monoisotopic (exact) mass is 419 g/mol. The molecule has 3 aromatic rings. The predicted octanol–water partition coefficient (Wildman–Crippen LogP) is 3.92. The predicted molar refractivity (Wildman–Crippen MR) is 120 cm³/mol. The summed E-state index contributed by atoms with van der Waals surface area (Å²) >= 11 is 0. The van der Waals surface area contributed by atoms with Crippen LogP contribution in [0.3, 0.4) is 0 Å². The number of hydrogen-bond donors (Lipinski definition) is 2. The van der Waals surface area contributed by atoms with E-state index < -0.39 is 0 Å². The van der Waals surface area contributed by atoms with Gasteiger partial charge in [0.2, 0.25) is 0 Å². The van der Waals surface area contributed by atoms with E-state index in [4.69, 9.17) is 4.74 Å². The molecule has 5 rings (SSSR count). The smallest absolute Gasteiger partial charge is 0.255 e. The van der Waals surface area contributed by atoms with E-state index in [-0.39, 0.29) is 18.0 Å². The zero-order valence-electron chi connectivity index (χ0n) is 17.9. The molecular formula is C24H29N5O2. The van der Waals surface area contributed by atoms with Gasteiger partial charge in [0.05, 0.1) is 28.9 Å². The maximum Gasteiger partial charge on any atom is 0.255 e. The molecule has 0 bridgehead atoms. The first-order valence-corrected chi connectivity index (χ1v) is 11.3. The van der Waals surface area contributed by atoms with Gasteiger partial charge in [0, 0.05) is 32.0 Å². The Labute approximate surface area is 182 Å². The minimum absolute atomic E-state index is 0.0266. The highest BCUT2D eigenvalue weighted by Gasteiger charge is 2.34. The van der Waals surface area contributed by atoms with E-state index in [0.717, 1.165) is 67.7 Å². The third-order valence-corrected chi connectivity index (χ3v) is 6.32. The van der Waals surface area contributed by atoms with Crippen LogP contribution in [0.4, 0.5) is 5.69 Å². The van der Waals surface area contributed by atoms with Crippen LogP contribution in [0.15, 0.2) is 42.7 Å². The lowest BCUT2D eigenvalue weighted by Gasteiger charge is -2.26. The molecule has 0 spiro atoms. The Hall–Kier alpha value is -2.93. The van der Waals surface area contributed by atoms with Gasteiger partial charge in [-0.25, -0.2) is 9.67 Å². The number of aryl methyl sites for hydroxylation is 1. The first kappa shape index (κ1) is 20.0. The molecule has 2 aromatic heterocycles. The number of anilines is 1. The van der Waals surface area contributed by atoms with E-state index in [2.05, 4.69) is 32.8 Å². The third-order valence-electron chi connectivity index (χ3n) is 6.32. The zero-order valence-corrected chi connectivity index (χ0v) is 17.9. The van der Waals surface area contributed by atoms with E-state index in [1.807, 2.05) is 36.0 Å². The summed E-state index contributed by atoms with van der Waals surface area (Å²) in [7, 11) is 0. The lowest BCUT2D eigenvalue weighted by atomic mass is 10.0. The Kier molecular flexibility index (Phi) is 5.59.